The maximum absolute atomic E-state index is 14.5. The number of carbonyl (C=O) groups excluding carboxylic acids is 2. The van der Waals surface area contributed by atoms with E-state index < -0.39 is 38.3 Å². The molecule has 3 N–H and O–H groups in total. The van der Waals surface area contributed by atoms with E-state index in [9.17, 15) is 27.2 Å². The number of carbonyl (C=O) groups is 3. The Labute approximate surface area is 313 Å². The van der Waals surface area contributed by atoms with Crippen molar-refractivity contribution in [3.8, 4) is 24.1 Å². The fourth-order valence-corrected chi connectivity index (χ4v) is 7.64. The molecule has 0 saturated carbocycles. The molecule has 2 aromatic heterocycles. The average Bonchev–Trinajstić information content (AvgIpc) is 3.57. The first-order chi connectivity index (χ1) is 24.5. The van der Waals surface area contributed by atoms with Crippen LogP contribution in [0.15, 0.2) is 40.2 Å². The van der Waals surface area contributed by atoms with E-state index >= 15 is 0 Å². The molecule has 3 amide bonds. The fraction of sp³-hybridized carbons (Fsp3) is 0.290. The smallest absolute Gasteiger partial charge is 0.337 e. The van der Waals surface area contributed by atoms with E-state index in [4.69, 9.17) is 21.0 Å². The molecule has 4 aromatic rings. The minimum Gasteiger partial charge on any atom is -0.481 e. The number of anilines is 2. The molecule has 2 aliphatic heterocycles. The second-order valence-corrected chi connectivity index (χ2v) is 15.5. The van der Waals surface area contributed by atoms with Gasteiger partial charge in [0.2, 0.25) is 10.7 Å². The molecule has 0 radical (unpaired) electrons. The number of ether oxygens (including phenoxy) is 2. The standard InChI is InChI=1S/C18H17FN4O2S.C13H12IN5O6S/c1-4-5-22-13-7-12(11(19)6-14(13)25-9-16(22)24)20-17-23-10-18(2,3)8-15(23)21-26-17;1-6-15-11(18-13(16-6)25-2)17-12(22)19-26(23,24)9-5-7(14)3-4-8(9)10(20)21/h1,6-7H,5,8-10H2,2-3H3;3-5H,1-2H3,(H,20,21)(H2,15,16,17,18,19,22). The van der Waals surface area contributed by atoms with E-state index in [2.05, 4.69) is 49.4 Å². The summed E-state index contributed by atoms with van der Waals surface area (Å²) >= 11 is 3.06. The number of benzene rings is 2. The number of aromatic nitrogens is 5. The van der Waals surface area contributed by atoms with Crippen molar-refractivity contribution in [1.29, 1.82) is 0 Å². The van der Waals surface area contributed by atoms with Crippen LogP contribution < -0.4 is 29.2 Å². The van der Waals surface area contributed by atoms with Gasteiger partial charge in [-0.1, -0.05) is 19.8 Å². The van der Waals surface area contributed by atoms with Gasteiger partial charge in [-0.05, 0) is 59.2 Å². The number of fused-ring (bicyclic) bond motifs is 2. The number of aromatic carboxylic acids is 1. The van der Waals surface area contributed by atoms with Crippen LogP contribution in [0.2, 0.25) is 0 Å². The highest BCUT2D eigenvalue weighted by Crippen LogP contribution is 2.37. The van der Waals surface area contributed by atoms with Gasteiger partial charge in [-0.25, -0.2) is 32.1 Å². The molecule has 4 heterocycles. The van der Waals surface area contributed by atoms with Gasteiger partial charge >= 0.3 is 18.0 Å². The van der Waals surface area contributed by atoms with Crippen LogP contribution in [0.1, 0.15) is 35.9 Å². The molecule has 0 spiro atoms. The second kappa shape index (κ2) is 15.2. The zero-order chi connectivity index (χ0) is 38.0. The molecule has 2 aromatic carbocycles. The number of methoxy groups -OCH3 is 1. The molecule has 272 valence electrons. The number of urea groups is 1. The molecular formula is C31H29FIN9O8S2. The van der Waals surface area contributed by atoms with Crippen molar-refractivity contribution < 1.29 is 41.8 Å². The van der Waals surface area contributed by atoms with Crippen LogP contribution in [0.25, 0.3) is 0 Å². The number of rotatable bonds is 7. The first-order valence-corrected chi connectivity index (χ1v) is 18.3. The molecule has 6 rings (SSSR count). The van der Waals surface area contributed by atoms with Crippen molar-refractivity contribution in [3.05, 3.63) is 61.7 Å². The van der Waals surface area contributed by atoms with Crippen LogP contribution in [0, 0.1) is 34.1 Å². The lowest BCUT2D eigenvalue weighted by molar-refractivity contribution is -0.121. The predicted molar refractivity (Wildman–Crippen MR) is 192 cm³/mol. The number of hydrogen-bond donors (Lipinski definition) is 3. The van der Waals surface area contributed by atoms with E-state index in [1.54, 1.807) is 4.72 Å². The first-order valence-electron chi connectivity index (χ1n) is 14.9. The van der Waals surface area contributed by atoms with Gasteiger partial charge in [0.05, 0.1) is 24.9 Å². The number of terminal acetylenes is 1. The summed E-state index contributed by atoms with van der Waals surface area (Å²) in [6.45, 7) is 6.58. The third-order valence-electron chi connectivity index (χ3n) is 7.26. The molecule has 0 unspecified atom stereocenters. The minimum absolute atomic E-state index is 0.0681. The summed E-state index contributed by atoms with van der Waals surface area (Å²) < 4.78 is 58.1. The Morgan fingerprint density at radius 1 is 1.25 bits per heavy atom. The fourth-order valence-electron chi connectivity index (χ4n) is 5.05. The molecule has 0 fully saturated rings. The van der Waals surface area contributed by atoms with Gasteiger partial charge in [0.25, 0.3) is 15.9 Å². The molecule has 52 heavy (non-hydrogen) atoms. The minimum atomic E-state index is -4.45. The van der Waals surface area contributed by atoms with Gasteiger partial charge in [-0.3, -0.25) is 15.0 Å². The second-order valence-electron chi connectivity index (χ2n) is 11.9. The number of nitrogens with zero attached hydrogens (tertiary/aromatic N) is 7. The number of amides is 3. The molecule has 17 nitrogen and oxygen atoms in total. The van der Waals surface area contributed by atoms with E-state index in [0.29, 0.717) is 19.8 Å². The summed E-state index contributed by atoms with van der Waals surface area (Å²) in [5.74, 6) is 1.48. The van der Waals surface area contributed by atoms with Gasteiger partial charge in [0, 0.05) is 34.1 Å². The SMILES string of the molecule is C#CCN1C(=O)COc2cc(F)c(N=c3snc4n3CC(C)(C)C4)cc21.COc1nc(C)nc(NC(=O)NS(=O)(=O)c2cc(I)ccc2C(=O)O)n1. The number of sulfonamides is 1. The highest BCUT2D eigenvalue weighted by Gasteiger charge is 2.31. The Morgan fingerprint density at radius 2 is 2.00 bits per heavy atom. The van der Waals surface area contributed by atoms with Crippen molar-refractivity contribution in [1.82, 2.24) is 28.6 Å². The van der Waals surface area contributed by atoms with Crippen LogP contribution in [-0.2, 0) is 27.8 Å². The van der Waals surface area contributed by atoms with Crippen molar-refractivity contribution >= 4 is 79.4 Å². The summed E-state index contributed by atoms with van der Waals surface area (Å²) in [5.41, 5.74) is 0.209. The molecule has 0 aliphatic carbocycles. The van der Waals surface area contributed by atoms with Crippen molar-refractivity contribution in [3.63, 3.8) is 0 Å². The van der Waals surface area contributed by atoms with E-state index in [1.807, 2.05) is 27.2 Å². The van der Waals surface area contributed by atoms with Gasteiger partial charge in [-0.15, -0.1) is 6.42 Å². The molecule has 0 saturated heterocycles. The summed E-state index contributed by atoms with van der Waals surface area (Å²) in [4.78, 5) is 52.6. The third kappa shape index (κ3) is 8.62. The number of aryl methyl sites for hydroxylation is 1. The lowest BCUT2D eigenvalue weighted by atomic mass is 9.92. The van der Waals surface area contributed by atoms with Crippen LogP contribution >= 0.6 is 34.1 Å². The highest BCUT2D eigenvalue weighted by atomic mass is 127. The number of carboxylic acids is 1. The van der Waals surface area contributed by atoms with E-state index in [0.717, 1.165) is 30.9 Å². The average molecular weight is 866 g/mol. The van der Waals surface area contributed by atoms with E-state index in [1.165, 1.54) is 48.7 Å². The Hall–Kier alpha value is -5.21. The Balaban J connectivity index is 0.000000201. The highest BCUT2D eigenvalue weighted by molar-refractivity contribution is 14.1. The molecule has 2 aliphatic rings. The molecule has 0 bridgehead atoms. The largest absolute Gasteiger partial charge is 0.481 e. The van der Waals surface area contributed by atoms with Crippen LogP contribution in [0.4, 0.5) is 26.5 Å². The quantitative estimate of drug-likeness (QED) is 0.180. The van der Waals surface area contributed by atoms with Gasteiger partial charge in [0.15, 0.2) is 12.4 Å². The van der Waals surface area contributed by atoms with E-state index in [-0.39, 0.29) is 47.9 Å². The van der Waals surface area contributed by atoms with Crippen molar-refractivity contribution in [2.75, 3.05) is 30.5 Å². The summed E-state index contributed by atoms with van der Waals surface area (Å²) in [6, 6.07) is 5.22. The van der Waals surface area contributed by atoms with Gasteiger partial charge in [-0.2, -0.15) is 19.3 Å². The maximum Gasteiger partial charge on any atom is 0.337 e. The number of carboxylic acid groups (broad SMARTS) is 1. The summed E-state index contributed by atoms with van der Waals surface area (Å²) in [6.07, 6.45) is 6.22. The van der Waals surface area contributed by atoms with Crippen molar-refractivity contribution in [2.45, 2.75) is 38.6 Å². The summed E-state index contributed by atoms with van der Waals surface area (Å²) in [5, 5.41) is 11.3. The lowest BCUT2D eigenvalue weighted by Gasteiger charge is -2.28. The molecular weight excluding hydrogens is 836 g/mol. The Morgan fingerprint density at radius 3 is 2.69 bits per heavy atom. The van der Waals surface area contributed by atoms with Crippen LogP contribution in [-0.4, -0.2) is 75.6 Å². The zero-order valence-corrected chi connectivity index (χ0v) is 31.6. The number of nitrogens with one attached hydrogen (secondary N) is 2. The summed E-state index contributed by atoms with van der Waals surface area (Å²) in [7, 11) is -3.14. The predicted octanol–water partition coefficient (Wildman–Crippen LogP) is 3.26. The van der Waals surface area contributed by atoms with Gasteiger partial charge in [0.1, 0.15) is 28.0 Å². The first kappa shape index (κ1) is 38.0. The van der Waals surface area contributed by atoms with Crippen molar-refractivity contribution in [2.24, 2.45) is 10.4 Å². The zero-order valence-electron chi connectivity index (χ0n) is 27.8. The number of hydrogen-bond acceptors (Lipinski definition) is 13. The number of halogens is 2. The monoisotopic (exact) mass is 865 g/mol. The maximum atomic E-state index is 14.5. The van der Waals surface area contributed by atoms with Crippen LogP contribution in [0.3, 0.4) is 0 Å². The Bertz CT molecular complexity index is 2320. The third-order valence-corrected chi connectivity index (χ3v) is 10.1. The van der Waals surface area contributed by atoms with Crippen LogP contribution in [0.5, 0.6) is 11.8 Å². The van der Waals surface area contributed by atoms with Gasteiger partial charge < -0.3 is 19.1 Å². The topological polar surface area (TPSA) is 220 Å². The molecule has 0 atom stereocenters. The molecule has 21 heteroatoms. The lowest BCUT2D eigenvalue weighted by Crippen LogP contribution is -2.39. The normalized spacial score (nSPS) is 14.6. The Kier molecular flexibility index (Phi) is 11.1.